The molecule has 1 aromatic heterocycles. The van der Waals surface area contributed by atoms with Crippen molar-refractivity contribution in [1.82, 2.24) is 10.3 Å². The zero-order valence-corrected chi connectivity index (χ0v) is 8.39. The van der Waals surface area contributed by atoms with Crippen molar-refractivity contribution in [2.45, 2.75) is 24.7 Å². The molecule has 1 fully saturated rings. The highest BCUT2D eigenvalue weighted by Gasteiger charge is 2.41. The Labute approximate surface area is 83.6 Å². The van der Waals surface area contributed by atoms with E-state index in [-0.39, 0.29) is 11.2 Å². The molecule has 76 valence electrons. The van der Waals surface area contributed by atoms with Crippen LogP contribution in [0.1, 0.15) is 25.0 Å². The van der Waals surface area contributed by atoms with Crippen LogP contribution in [0, 0.1) is 5.82 Å². The van der Waals surface area contributed by atoms with Gasteiger partial charge in [-0.25, -0.2) is 4.39 Å². The summed E-state index contributed by atoms with van der Waals surface area (Å²) in [4.78, 5) is 4.18. The van der Waals surface area contributed by atoms with Gasteiger partial charge in [0.15, 0.2) is 0 Å². The van der Waals surface area contributed by atoms with Crippen molar-refractivity contribution < 1.29 is 4.39 Å². The van der Waals surface area contributed by atoms with E-state index < -0.39 is 0 Å². The van der Waals surface area contributed by atoms with Crippen LogP contribution >= 0.6 is 0 Å². The molecule has 0 spiro atoms. The first kappa shape index (κ1) is 9.59. The van der Waals surface area contributed by atoms with Gasteiger partial charge >= 0.3 is 0 Å². The minimum Gasteiger partial charge on any atom is -0.319 e. The maximum atomic E-state index is 13.5. The summed E-state index contributed by atoms with van der Waals surface area (Å²) in [5.41, 5.74) is 0.598. The summed E-state index contributed by atoms with van der Waals surface area (Å²) >= 11 is 0. The van der Waals surface area contributed by atoms with Gasteiger partial charge in [0.25, 0.3) is 0 Å². The average molecular weight is 194 g/mol. The van der Waals surface area contributed by atoms with E-state index in [9.17, 15) is 4.39 Å². The first-order valence-electron chi connectivity index (χ1n) is 5.04. The van der Waals surface area contributed by atoms with Crippen molar-refractivity contribution in [3.05, 3.63) is 29.8 Å². The molecular formula is C11H15FN2. The molecule has 2 nitrogen and oxygen atoms in total. The lowest BCUT2D eigenvalue weighted by molar-refractivity contribution is 0.224. The molecule has 0 amide bonds. The Kier molecular flexibility index (Phi) is 2.50. The van der Waals surface area contributed by atoms with Gasteiger partial charge in [-0.15, -0.1) is 0 Å². The first-order valence-corrected chi connectivity index (χ1v) is 5.04. The molecule has 1 aromatic rings. The van der Waals surface area contributed by atoms with Crippen molar-refractivity contribution in [3.8, 4) is 0 Å². The maximum Gasteiger partial charge on any atom is 0.145 e. The van der Waals surface area contributed by atoms with Crippen molar-refractivity contribution in [1.29, 1.82) is 0 Å². The molecule has 0 atom stereocenters. The molecule has 0 unspecified atom stereocenters. The van der Waals surface area contributed by atoms with Crippen LogP contribution in [0.15, 0.2) is 18.3 Å². The van der Waals surface area contributed by atoms with E-state index in [0.29, 0.717) is 5.69 Å². The fraction of sp³-hybridized carbons (Fsp3) is 0.545. The summed E-state index contributed by atoms with van der Waals surface area (Å²) in [6, 6.07) is 3.14. The van der Waals surface area contributed by atoms with E-state index in [1.807, 2.05) is 7.05 Å². The summed E-state index contributed by atoms with van der Waals surface area (Å²) in [7, 11) is 1.90. The Morgan fingerprint density at radius 3 is 2.86 bits per heavy atom. The highest BCUT2D eigenvalue weighted by atomic mass is 19.1. The zero-order valence-electron chi connectivity index (χ0n) is 8.39. The van der Waals surface area contributed by atoms with Gasteiger partial charge in [0.2, 0.25) is 0 Å². The van der Waals surface area contributed by atoms with Crippen molar-refractivity contribution in [2.24, 2.45) is 0 Å². The first-order chi connectivity index (χ1) is 6.78. The summed E-state index contributed by atoms with van der Waals surface area (Å²) in [6.45, 7) is 0.820. The predicted molar refractivity (Wildman–Crippen MR) is 53.7 cm³/mol. The number of nitrogens with zero attached hydrogens (tertiary/aromatic N) is 1. The molecule has 0 aliphatic heterocycles. The second-order valence-electron chi connectivity index (χ2n) is 4.00. The Morgan fingerprint density at radius 1 is 1.57 bits per heavy atom. The lowest BCUT2D eigenvalue weighted by Gasteiger charge is -2.41. The van der Waals surface area contributed by atoms with E-state index in [1.165, 1.54) is 12.5 Å². The normalized spacial score (nSPS) is 19.0. The van der Waals surface area contributed by atoms with Crippen LogP contribution in [0.2, 0.25) is 0 Å². The summed E-state index contributed by atoms with van der Waals surface area (Å²) in [6.07, 6.45) is 4.94. The van der Waals surface area contributed by atoms with E-state index in [0.717, 1.165) is 19.4 Å². The highest BCUT2D eigenvalue weighted by molar-refractivity contribution is 5.23. The van der Waals surface area contributed by atoms with Crippen LogP contribution in [0.4, 0.5) is 4.39 Å². The summed E-state index contributed by atoms with van der Waals surface area (Å²) in [5.74, 6) is -0.164. The van der Waals surface area contributed by atoms with Gasteiger partial charge in [0.1, 0.15) is 5.82 Å². The van der Waals surface area contributed by atoms with Gasteiger partial charge in [-0.1, -0.05) is 6.42 Å². The van der Waals surface area contributed by atoms with Gasteiger partial charge < -0.3 is 5.32 Å². The number of hydrogen-bond acceptors (Lipinski definition) is 2. The number of rotatable bonds is 3. The smallest absolute Gasteiger partial charge is 0.145 e. The van der Waals surface area contributed by atoms with E-state index in [2.05, 4.69) is 10.3 Å². The van der Waals surface area contributed by atoms with Gasteiger partial charge in [0.05, 0.1) is 5.69 Å². The van der Waals surface area contributed by atoms with Crippen LogP contribution < -0.4 is 5.32 Å². The lowest BCUT2D eigenvalue weighted by atomic mass is 9.66. The monoisotopic (exact) mass is 194 g/mol. The number of hydrogen-bond donors (Lipinski definition) is 1. The lowest BCUT2D eigenvalue weighted by Crippen LogP contribution is -2.44. The summed E-state index contributed by atoms with van der Waals surface area (Å²) < 4.78 is 13.5. The molecule has 1 aliphatic rings. The fourth-order valence-electron chi connectivity index (χ4n) is 2.22. The van der Waals surface area contributed by atoms with Crippen LogP contribution in [0.25, 0.3) is 0 Å². The molecular weight excluding hydrogens is 179 g/mol. The minimum absolute atomic E-state index is 0.0416. The van der Waals surface area contributed by atoms with E-state index in [4.69, 9.17) is 0 Å². The van der Waals surface area contributed by atoms with Gasteiger partial charge in [-0.3, -0.25) is 4.98 Å². The minimum atomic E-state index is -0.164. The van der Waals surface area contributed by atoms with Crippen molar-refractivity contribution in [2.75, 3.05) is 13.6 Å². The molecule has 0 saturated heterocycles. The SMILES string of the molecule is CNCC1(c2ncccc2F)CCC1. The van der Waals surface area contributed by atoms with Crippen molar-refractivity contribution >= 4 is 0 Å². The Balaban J connectivity index is 2.32. The van der Waals surface area contributed by atoms with Gasteiger partial charge in [-0.2, -0.15) is 0 Å². The molecule has 2 rings (SSSR count). The zero-order chi connectivity index (χ0) is 10.0. The second-order valence-corrected chi connectivity index (χ2v) is 4.00. The molecule has 1 heterocycles. The number of aromatic nitrogens is 1. The third kappa shape index (κ3) is 1.42. The van der Waals surface area contributed by atoms with Crippen molar-refractivity contribution in [3.63, 3.8) is 0 Å². The third-order valence-corrected chi connectivity index (χ3v) is 3.09. The van der Waals surface area contributed by atoms with Crippen LogP contribution in [0.3, 0.4) is 0 Å². The quantitative estimate of drug-likeness (QED) is 0.794. The average Bonchev–Trinajstić information content (AvgIpc) is 2.13. The second kappa shape index (κ2) is 3.65. The third-order valence-electron chi connectivity index (χ3n) is 3.09. The largest absolute Gasteiger partial charge is 0.319 e. The molecule has 1 saturated carbocycles. The molecule has 0 aromatic carbocycles. The fourth-order valence-corrected chi connectivity index (χ4v) is 2.22. The molecule has 1 N–H and O–H groups in total. The number of likely N-dealkylation sites (N-methyl/N-ethyl adjacent to an activating group) is 1. The Morgan fingerprint density at radius 2 is 2.36 bits per heavy atom. The predicted octanol–water partition coefficient (Wildman–Crippen LogP) is 1.86. The van der Waals surface area contributed by atoms with E-state index >= 15 is 0 Å². The van der Waals surface area contributed by atoms with Crippen LogP contribution in [0.5, 0.6) is 0 Å². The standard InChI is InChI=1S/C11H15FN2/c1-13-8-11(5-3-6-11)10-9(12)4-2-7-14-10/h2,4,7,13H,3,5-6,8H2,1H3. The van der Waals surface area contributed by atoms with E-state index in [1.54, 1.807) is 12.3 Å². The molecule has 3 heteroatoms. The maximum absolute atomic E-state index is 13.5. The summed E-state index contributed by atoms with van der Waals surface area (Å²) in [5, 5.41) is 3.13. The molecule has 14 heavy (non-hydrogen) atoms. The molecule has 1 aliphatic carbocycles. The number of halogens is 1. The molecule has 0 bridgehead atoms. The Bertz CT molecular complexity index is 321. The highest BCUT2D eigenvalue weighted by Crippen LogP contribution is 2.42. The van der Waals surface area contributed by atoms with Crippen LogP contribution in [-0.2, 0) is 5.41 Å². The van der Waals surface area contributed by atoms with Gasteiger partial charge in [-0.05, 0) is 32.0 Å². The van der Waals surface area contributed by atoms with Crippen LogP contribution in [-0.4, -0.2) is 18.6 Å². The Hall–Kier alpha value is -0.960. The number of nitrogens with one attached hydrogen (secondary N) is 1. The molecule has 0 radical (unpaired) electrons. The number of pyridine rings is 1. The van der Waals surface area contributed by atoms with Gasteiger partial charge in [0, 0.05) is 18.2 Å². The topological polar surface area (TPSA) is 24.9 Å².